The van der Waals surface area contributed by atoms with E-state index in [2.05, 4.69) is 24.5 Å². The van der Waals surface area contributed by atoms with Crippen LogP contribution in [0, 0.1) is 12.8 Å². The number of hydrogen-bond acceptors (Lipinski definition) is 3. The van der Waals surface area contributed by atoms with E-state index >= 15 is 0 Å². The number of aryl methyl sites for hydroxylation is 1. The molecule has 3 nitrogen and oxygen atoms in total. The molecule has 0 amide bonds. The highest BCUT2D eigenvalue weighted by Gasteiger charge is 2.26. The van der Waals surface area contributed by atoms with Crippen molar-refractivity contribution in [1.29, 1.82) is 0 Å². The molecule has 1 aliphatic carbocycles. The molecule has 0 aromatic heterocycles. The van der Waals surface area contributed by atoms with Gasteiger partial charge in [-0.1, -0.05) is 37.0 Å². The van der Waals surface area contributed by atoms with Crippen LogP contribution in [-0.2, 0) is 0 Å². The number of nitrogens with one attached hydrogen (secondary N) is 1. The first kappa shape index (κ1) is 13.4. The lowest BCUT2D eigenvalue weighted by atomic mass is 9.81. The van der Waals surface area contributed by atoms with Crippen molar-refractivity contribution < 1.29 is 4.74 Å². The van der Waals surface area contributed by atoms with E-state index < -0.39 is 0 Å². The molecule has 0 heterocycles. The Morgan fingerprint density at radius 2 is 2.00 bits per heavy atom. The maximum Gasteiger partial charge on any atom is 0.123 e. The molecule has 1 saturated carbocycles. The Balaban J connectivity index is 2.27. The average Bonchev–Trinajstić information content (AvgIpc) is 2.41. The minimum Gasteiger partial charge on any atom is -0.496 e. The molecule has 1 aliphatic rings. The Morgan fingerprint density at radius 3 is 2.61 bits per heavy atom. The maximum atomic E-state index is 5.80. The number of hydrazine groups is 1. The zero-order chi connectivity index (χ0) is 13.0. The highest BCUT2D eigenvalue weighted by Crippen LogP contribution is 2.37. The lowest BCUT2D eigenvalue weighted by molar-refractivity contribution is 0.267. The molecule has 0 saturated heterocycles. The largest absolute Gasteiger partial charge is 0.496 e. The zero-order valence-corrected chi connectivity index (χ0v) is 11.4. The first-order chi connectivity index (χ1) is 8.76. The Morgan fingerprint density at radius 1 is 1.28 bits per heavy atom. The summed E-state index contributed by atoms with van der Waals surface area (Å²) in [6, 6.07) is 6.52. The van der Waals surface area contributed by atoms with Crippen LogP contribution in [0.5, 0.6) is 5.75 Å². The van der Waals surface area contributed by atoms with Crippen LogP contribution in [0.1, 0.15) is 49.3 Å². The molecule has 100 valence electrons. The Hall–Kier alpha value is -1.06. The van der Waals surface area contributed by atoms with Gasteiger partial charge in [0.05, 0.1) is 13.2 Å². The van der Waals surface area contributed by atoms with Crippen LogP contribution in [0.2, 0.25) is 0 Å². The molecule has 0 aliphatic heterocycles. The van der Waals surface area contributed by atoms with Crippen LogP contribution in [0.25, 0.3) is 0 Å². The Kier molecular flexibility index (Phi) is 4.61. The number of hydrogen-bond donors (Lipinski definition) is 2. The molecule has 3 N–H and O–H groups in total. The van der Waals surface area contributed by atoms with Crippen molar-refractivity contribution in [1.82, 2.24) is 5.43 Å². The molecule has 1 aromatic carbocycles. The van der Waals surface area contributed by atoms with Crippen LogP contribution in [0.3, 0.4) is 0 Å². The minimum absolute atomic E-state index is 0.208. The number of benzene rings is 1. The molecule has 1 aromatic rings. The van der Waals surface area contributed by atoms with E-state index in [4.69, 9.17) is 10.6 Å². The second kappa shape index (κ2) is 6.21. The minimum atomic E-state index is 0.208. The highest BCUT2D eigenvalue weighted by atomic mass is 16.5. The van der Waals surface area contributed by atoms with Crippen molar-refractivity contribution in [3.63, 3.8) is 0 Å². The predicted molar refractivity (Wildman–Crippen MR) is 74.4 cm³/mol. The third-order valence-corrected chi connectivity index (χ3v) is 4.02. The van der Waals surface area contributed by atoms with Crippen molar-refractivity contribution in [2.75, 3.05) is 7.11 Å². The number of methoxy groups -OCH3 is 1. The van der Waals surface area contributed by atoms with Crippen molar-refractivity contribution in [3.05, 3.63) is 29.3 Å². The van der Waals surface area contributed by atoms with E-state index in [1.165, 1.54) is 43.2 Å². The van der Waals surface area contributed by atoms with E-state index in [0.29, 0.717) is 5.92 Å². The lowest BCUT2D eigenvalue weighted by Gasteiger charge is -2.31. The third kappa shape index (κ3) is 2.85. The summed E-state index contributed by atoms with van der Waals surface area (Å²) in [4.78, 5) is 0. The monoisotopic (exact) mass is 248 g/mol. The first-order valence-corrected chi connectivity index (χ1v) is 6.87. The summed E-state index contributed by atoms with van der Waals surface area (Å²) in [6.45, 7) is 2.11. The van der Waals surface area contributed by atoms with Crippen molar-refractivity contribution in [2.45, 2.75) is 45.1 Å². The van der Waals surface area contributed by atoms with Crippen molar-refractivity contribution in [3.8, 4) is 5.75 Å². The molecule has 1 atom stereocenters. The molecule has 3 heteroatoms. The number of nitrogens with two attached hydrogens (primary N) is 1. The van der Waals surface area contributed by atoms with E-state index in [9.17, 15) is 0 Å². The van der Waals surface area contributed by atoms with Gasteiger partial charge in [0.2, 0.25) is 0 Å². The lowest BCUT2D eigenvalue weighted by Crippen LogP contribution is -2.34. The molecular formula is C15H24N2O. The van der Waals surface area contributed by atoms with E-state index in [0.717, 1.165) is 5.75 Å². The van der Waals surface area contributed by atoms with Crippen molar-refractivity contribution >= 4 is 0 Å². The molecule has 0 bridgehead atoms. The molecular weight excluding hydrogens is 224 g/mol. The standard InChI is InChI=1S/C15H24N2O/c1-11-8-9-14(18-2)13(10-11)15(17-16)12-6-4-3-5-7-12/h8-10,12,15,17H,3-7,16H2,1-2H3. The normalized spacial score (nSPS) is 18.6. The topological polar surface area (TPSA) is 47.3 Å². The molecule has 0 radical (unpaired) electrons. The summed E-state index contributed by atoms with van der Waals surface area (Å²) in [5, 5.41) is 0. The SMILES string of the molecule is COc1ccc(C)cc1C(NN)C1CCCCC1. The quantitative estimate of drug-likeness (QED) is 0.636. The molecule has 1 fully saturated rings. The highest BCUT2D eigenvalue weighted by molar-refractivity contribution is 5.39. The number of ether oxygens (including phenoxy) is 1. The molecule has 18 heavy (non-hydrogen) atoms. The average molecular weight is 248 g/mol. The van der Waals surface area contributed by atoms with Crippen LogP contribution in [-0.4, -0.2) is 7.11 Å². The first-order valence-electron chi connectivity index (χ1n) is 6.87. The fraction of sp³-hybridized carbons (Fsp3) is 0.600. The summed E-state index contributed by atoms with van der Waals surface area (Å²) >= 11 is 0. The van der Waals surface area contributed by atoms with E-state index in [1.807, 2.05) is 6.07 Å². The summed E-state index contributed by atoms with van der Waals surface area (Å²) in [7, 11) is 1.72. The number of rotatable bonds is 4. The summed E-state index contributed by atoms with van der Waals surface area (Å²) in [6.07, 6.45) is 6.50. The Bertz CT molecular complexity index is 386. The van der Waals surface area contributed by atoms with Gasteiger partial charge in [-0.3, -0.25) is 11.3 Å². The summed E-state index contributed by atoms with van der Waals surface area (Å²) in [5.41, 5.74) is 5.46. The summed E-state index contributed by atoms with van der Waals surface area (Å²) < 4.78 is 5.48. The van der Waals surface area contributed by atoms with Crippen LogP contribution >= 0.6 is 0 Å². The van der Waals surface area contributed by atoms with E-state index in [1.54, 1.807) is 7.11 Å². The van der Waals surface area contributed by atoms with Gasteiger partial charge in [0, 0.05) is 5.56 Å². The van der Waals surface area contributed by atoms with Gasteiger partial charge in [-0.15, -0.1) is 0 Å². The van der Waals surface area contributed by atoms with Gasteiger partial charge in [-0.2, -0.15) is 0 Å². The van der Waals surface area contributed by atoms with E-state index in [-0.39, 0.29) is 6.04 Å². The van der Waals surface area contributed by atoms with Crippen molar-refractivity contribution in [2.24, 2.45) is 11.8 Å². The summed E-state index contributed by atoms with van der Waals surface area (Å²) in [5.74, 6) is 7.37. The van der Waals surface area contributed by atoms with Gasteiger partial charge in [0.15, 0.2) is 0 Å². The van der Waals surface area contributed by atoms with Gasteiger partial charge >= 0.3 is 0 Å². The van der Waals surface area contributed by atoms with Crippen LogP contribution < -0.4 is 16.0 Å². The van der Waals surface area contributed by atoms with Crippen LogP contribution in [0.4, 0.5) is 0 Å². The molecule has 2 rings (SSSR count). The Labute approximate surface area is 110 Å². The molecule has 1 unspecified atom stereocenters. The maximum absolute atomic E-state index is 5.80. The second-order valence-electron chi connectivity index (χ2n) is 5.29. The second-order valence-corrected chi connectivity index (χ2v) is 5.29. The fourth-order valence-corrected chi connectivity index (χ4v) is 3.04. The van der Waals surface area contributed by atoms with Gasteiger partial charge in [-0.25, -0.2) is 0 Å². The predicted octanol–water partition coefficient (Wildman–Crippen LogP) is 3.09. The van der Waals surface area contributed by atoms with Crippen LogP contribution in [0.15, 0.2) is 18.2 Å². The van der Waals surface area contributed by atoms with Gasteiger partial charge < -0.3 is 4.74 Å². The van der Waals surface area contributed by atoms with Gasteiger partial charge in [0.1, 0.15) is 5.75 Å². The zero-order valence-electron chi connectivity index (χ0n) is 11.4. The van der Waals surface area contributed by atoms with Gasteiger partial charge in [-0.05, 0) is 31.7 Å². The smallest absolute Gasteiger partial charge is 0.123 e. The third-order valence-electron chi connectivity index (χ3n) is 4.02. The van der Waals surface area contributed by atoms with Gasteiger partial charge in [0.25, 0.3) is 0 Å². The molecule has 0 spiro atoms. The fourth-order valence-electron chi connectivity index (χ4n) is 3.04.